The Morgan fingerprint density at radius 2 is 2.18 bits per heavy atom. The molecule has 28 heavy (non-hydrogen) atoms. The lowest BCUT2D eigenvalue weighted by Crippen LogP contribution is -2.60. The van der Waals surface area contributed by atoms with Crippen LogP contribution < -0.4 is 10.6 Å². The van der Waals surface area contributed by atoms with Crippen molar-refractivity contribution in [2.75, 3.05) is 26.2 Å². The number of nitro groups is 1. The first kappa shape index (κ1) is 22.3. The molecule has 0 aliphatic carbocycles. The van der Waals surface area contributed by atoms with Crippen LogP contribution in [0.3, 0.4) is 0 Å². The highest BCUT2D eigenvalue weighted by atomic mass is 35.5. The van der Waals surface area contributed by atoms with Crippen LogP contribution in [0.15, 0.2) is 6.20 Å². The standard InChI is InChI=1S/C16H27ClN6O5/c1-15(2,3)28-14(24)19-11-7-21(6-5-18-11)9-16(4,25)10-22-8-12(23(26)27)20-13(22)17/h8,11,18,25H,5-7,9-10H2,1-4H3,(H,19,24)/t11-,16?/m0/s1. The van der Waals surface area contributed by atoms with E-state index in [4.69, 9.17) is 16.3 Å². The maximum atomic E-state index is 11.9. The number of carbonyl (C=O) groups is 1. The zero-order valence-electron chi connectivity index (χ0n) is 16.4. The topological polar surface area (TPSA) is 135 Å². The van der Waals surface area contributed by atoms with Gasteiger partial charge in [0.25, 0.3) is 0 Å². The summed E-state index contributed by atoms with van der Waals surface area (Å²) in [5.41, 5.74) is -1.80. The van der Waals surface area contributed by atoms with Crippen molar-refractivity contribution < 1.29 is 19.6 Å². The number of hydrogen-bond donors (Lipinski definition) is 3. The Morgan fingerprint density at radius 1 is 1.50 bits per heavy atom. The molecule has 1 saturated heterocycles. The summed E-state index contributed by atoms with van der Waals surface area (Å²) in [7, 11) is 0. The molecule has 1 amide bonds. The fourth-order valence-corrected chi connectivity index (χ4v) is 3.17. The Labute approximate surface area is 168 Å². The molecule has 1 fully saturated rings. The van der Waals surface area contributed by atoms with Gasteiger partial charge < -0.3 is 25.3 Å². The third-order valence-corrected chi connectivity index (χ3v) is 4.23. The lowest BCUT2D eigenvalue weighted by atomic mass is 10.1. The van der Waals surface area contributed by atoms with Crippen LogP contribution in [0.1, 0.15) is 27.7 Å². The first-order valence-electron chi connectivity index (χ1n) is 8.89. The molecule has 2 heterocycles. The van der Waals surface area contributed by atoms with E-state index in [0.29, 0.717) is 19.6 Å². The minimum atomic E-state index is -1.22. The Balaban J connectivity index is 1.92. The number of aliphatic hydroxyl groups is 1. The fourth-order valence-electron chi connectivity index (χ4n) is 2.98. The maximum absolute atomic E-state index is 11.9. The fraction of sp³-hybridized carbons (Fsp3) is 0.750. The number of nitrogens with one attached hydrogen (secondary N) is 2. The smallest absolute Gasteiger partial charge is 0.408 e. The molecule has 0 radical (unpaired) electrons. The summed E-state index contributed by atoms with van der Waals surface area (Å²) < 4.78 is 6.60. The number of rotatable bonds is 6. The van der Waals surface area contributed by atoms with Gasteiger partial charge in [0.2, 0.25) is 0 Å². The van der Waals surface area contributed by atoms with Gasteiger partial charge in [-0.25, -0.2) is 4.79 Å². The summed E-state index contributed by atoms with van der Waals surface area (Å²) in [6.45, 7) is 9.06. The summed E-state index contributed by atoms with van der Waals surface area (Å²) in [6, 6.07) is 0. The van der Waals surface area contributed by atoms with Crippen LogP contribution in [-0.2, 0) is 11.3 Å². The van der Waals surface area contributed by atoms with Crippen LogP contribution in [0.4, 0.5) is 10.6 Å². The maximum Gasteiger partial charge on any atom is 0.408 e. The SMILES string of the molecule is CC(O)(CN1CCN[C@@H](NC(=O)OC(C)(C)C)C1)Cn1cc([N+](=O)[O-])nc1Cl. The number of halogens is 1. The number of ether oxygens (including phenoxy) is 1. The average molecular weight is 419 g/mol. The van der Waals surface area contributed by atoms with Gasteiger partial charge in [0.15, 0.2) is 0 Å². The molecule has 1 aliphatic rings. The number of amides is 1. The molecule has 1 unspecified atom stereocenters. The lowest BCUT2D eigenvalue weighted by molar-refractivity contribution is -0.389. The van der Waals surface area contributed by atoms with Gasteiger partial charge in [-0.15, -0.1) is 0 Å². The minimum Gasteiger partial charge on any atom is -0.444 e. The number of piperazine rings is 1. The second-order valence-electron chi connectivity index (χ2n) is 8.14. The summed E-state index contributed by atoms with van der Waals surface area (Å²) in [6.07, 6.45) is 0.356. The van der Waals surface area contributed by atoms with Gasteiger partial charge in [0.1, 0.15) is 11.8 Å². The summed E-state index contributed by atoms with van der Waals surface area (Å²) in [5.74, 6) is -0.371. The summed E-state index contributed by atoms with van der Waals surface area (Å²) in [5, 5.41) is 27.5. The number of alkyl carbamates (subject to hydrolysis) is 1. The highest BCUT2D eigenvalue weighted by Gasteiger charge is 2.31. The normalized spacial score (nSPS) is 20.4. The van der Waals surface area contributed by atoms with Crippen LogP contribution in [0.2, 0.25) is 5.28 Å². The molecular weight excluding hydrogens is 392 g/mol. The van der Waals surface area contributed by atoms with Crippen molar-refractivity contribution in [3.05, 3.63) is 21.6 Å². The second-order valence-corrected chi connectivity index (χ2v) is 8.48. The third kappa shape index (κ3) is 6.89. The number of aromatic nitrogens is 2. The molecule has 2 atom stereocenters. The van der Waals surface area contributed by atoms with Crippen molar-refractivity contribution in [1.29, 1.82) is 0 Å². The molecule has 11 nitrogen and oxygen atoms in total. The van der Waals surface area contributed by atoms with Crippen molar-refractivity contribution in [2.45, 2.75) is 51.6 Å². The van der Waals surface area contributed by atoms with Gasteiger partial charge in [0, 0.05) is 26.2 Å². The first-order chi connectivity index (χ1) is 12.8. The predicted octanol–water partition coefficient (Wildman–Crippen LogP) is 0.952. The van der Waals surface area contributed by atoms with E-state index in [1.165, 1.54) is 10.8 Å². The van der Waals surface area contributed by atoms with Gasteiger partial charge in [-0.05, 0) is 49.2 Å². The highest BCUT2D eigenvalue weighted by Crippen LogP contribution is 2.20. The Bertz CT molecular complexity index is 717. The molecule has 12 heteroatoms. The number of β-amino-alcohol motifs (C(OH)–C–C–N with tert-alkyl or cyclic N) is 1. The molecule has 0 spiro atoms. The predicted molar refractivity (Wildman–Crippen MR) is 102 cm³/mol. The zero-order chi connectivity index (χ0) is 21.1. The van der Waals surface area contributed by atoms with E-state index in [1.54, 1.807) is 27.7 Å². The number of imidazole rings is 1. The van der Waals surface area contributed by atoms with E-state index in [9.17, 15) is 20.0 Å². The Hall–Kier alpha value is -1.95. The Kier molecular flexibility index (Phi) is 6.86. The van der Waals surface area contributed by atoms with Gasteiger partial charge in [-0.1, -0.05) is 0 Å². The van der Waals surface area contributed by atoms with Gasteiger partial charge in [-0.3, -0.25) is 14.8 Å². The van der Waals surface area contributed by atoms with Crippen LogP contribution in [0.25, 0.3) is 0 Å². The van der Waals surface area contributed by atoms with Gasteiger partial charge in [-0.2, -0.15) is 0 Å². The van der Waals surface area contributed by atoms with E-state index in [2.05, 4.69) is 15.6 Å². The van der Waals surface area contributed by atoms with E-state index in [1.807, 2.05) is 4.90 Å². The van der Waals surface area contributed by atoms with Gasteiger partial charge >= 0.3 is 17.2 Å². The van der Waals surface area contributed by atoms with Crippen molar-refractivity contribution in [3.8, 4) is 0 Å². The number of hydrogen-bond acceptors (Lipinski definition) is 8. The average Bonchev–Trinajstić information content (AvgIpc) is 2.85. The second kappa shape index (κ2) is 8.60. The van der Waals surface area contributed by atoms with Crippen LogP contribution >= 0.6 is 11.6 Å². The van der Waals surface area contributed by atoms with Crippen LogP contribution in [-0.4, -0.2) is 74.1 Å². The molecule has 1 aromatic heterocycles. The lowest BCUT2D eigenvalue weighted by Gasteiger charge is -2.38. The highest BCUT2D eigenvalue weighted by molar-refractivity contribution is 6.28. The Morgan fingerprint density at radius 3 is 2.75 bits per heavy atom. The largest absolute Gasteiger partial charge is 0.444 e. The third-order valence-electron chi connectivity index (χ3n) is 3.93. The van der Waals surface area contributed by atoms with Gasteiger partial charge in [0.05, 0.1) is 18.3 Å². The van der Waals surface area contributed by atoms with Crippen molar-refractivity contribution in [3.63, 3.8) is 0 Å². The quantitative estimate of drug-likeness (QED) is 0.459. The first-order valence-corrected chi connectivity index (χ1v) is 9.27. The number of nitrogens with zero attached hydrogens (tertiary/aromatic N) is 4. The monoisotopic (exact) mass is 418 g/mol. The minimum absolute atomic E-state index is 0.0424. The molecule has 1 aromatic rings. The molecule has 0 saturated carbocycles. The summed E-state index contributed by atoms with van der Waals surface area (Å²) >= 11 is 5.92. The molecule has 158 valence electrons. The molecule has 1 aliphatic heterocycles. The van der Waals surface area contributed by atoms with E-state index >= 15 is 0 Å². The zero-order valence-corrected chi connectivity index (χ0v) is 17.2. The van der Waals surface area contributed by atoms with Crippen molar-refractivity contribution >= 4 is 23.5 Å². The molecule has 0 aromatic carbocycles. The number of carbonyl (C=O) groups excluding carboxylic acids is 1. The van der Waals surface area contributed by atoms with Crippen molar-refractivity contribution in [2.24, 2.45) is 0 Å². The van der Waals surface area contributed by atoms with Crippen LogP contribution in [0, 0.1) is 10.1 Å². The van der Waals surface area contributed by atoms with E-state index < -0.39 is 22.2 Å². The molecule has 2 rings (SSSR count). The molecule has 0 bridgehead atoms. The molecule has 3 N–H and O–H groups in total. The van der Waals surface area contributed by atoms with E-state index in [0.717, 1.165) is 0 Å². The van der Waals surface area contributed by atoms with Crippen LogP contribution in [0.5, 0.6) is 0 Å². The van der Waals surface area contributed by atoms with E-state index in [-0.39, 0.29) is 30.4 Å². The van der Waals surface area contributed by atoms with Crippen molar-refractivity contribution in [1.82, 2.24) is 25.1 Å². The molecular formula is C16H27ClN6O5. The summed E-state index contributed by atoms with van der Waals surface area (Å²) in [4.78, 5) is 27.7.